The minimum absolute atomic E-state index is 0.0795. The molecule has 0 bridgehead atoms. The van der Waals surface area contributed by atoms with Crippen LogP contribution in [0.1, 0.15) is 24.8 Å². The zero-order valence-electron chi connectivity index (χ0n) is 11.0. The van der Waals surface area contributed by atoms with Crippen molar-refractivity contribution in [2.75, 3.05) is 19.6 Å². The van der Waals surface area contributed by atoms with Gasteiger partial charge in [-0.05, 0) is 50.0 Å². The van der Waals surface area contributed by atoms with Crippen molar-refractivity contribution >= 4 is 17.5 Å². The van der Waals surface area contributed by atoms with Crippen LogP contribution in [0.4, 0.5) is 0 Å². The summed E-state index contributed by atoms with van der Waals surface area (Å²) < 4.78 is 0. The van der Waals surface area contributed by atoms with Gasteiger partial charge in [0.15, 0.2) is 0 Å². The normalized spacial score (nSPS) is 22.2. The van der Waals surface area contributed by atoms with Gasteiger partial charge in [-0.15, -0.1) is 0 Å². The monoisotopic (exact) mass is 278 g/mol. The van der Waals surface area contributed by atoms with Crippen molar-refractivity contribution in [1.82, 2.24) is 10.2 Å². The molecule has 1 aromatic rings. The number of rotatable bonds is 2. The fourth-order valence-corrected chi connectivity index (χ4v) is 3.48. The molecule has 0 aliphatic carbocycles. The van der Waals surface area contributed by atoms with E-state index < -0.39 is 0 Å². The smallest absolute Gasteiger partial charge is 0.229 e. The van der Waals surface area contributed by atoms with Gasteiger partial charge in [0.25, 0.3) is 0 Å². The summed E-state index contributed by atoms with van der Waals surface area (Å²) in [6.07, 6.45) is 2.98. The standard InChI is InChI=1S/C15H19ClN2O/c16-13-3-1-2-12(10-13)11-18-9-6-15(14(18)19)4-7-17-8-5-15/h1-3,10,17H,4-9,11H2. The van der Waals surface area contributed by atoms with Crippen LogP contribution in [0.2, 0.25) is 5.02 Å². The topological polar surface area (TPSA) is 32.3 Å². The third-order valence-corrected chi connectivity index (χ3v) is 4.66. The molecule has 2 saturated heterocycles. The van der Waals surface area contributed by atoms with Crippen LogP contribution >= 0.6 is 11.6 Å². The number of nitrogens with zero attached hydrogens (tertiary/aromatic N) is 1. The summed E-state index contributed by atoms with van der Waals surface area (Å²) in [6, 6.07) is 7.79. The zero-order chi connectivity index (χ0) is 13.3. The second kappa shape index (κ2) is 5.14. The van der Waals surface area contributed by atoms with E-state index in [4.69, 9.17) is 11.6 Å². The van der Waals surface area contributed by atoms with Gasteiger partial charge in [0.2, 0.25) is 5.91 Å². The number of halogens is 1. The van der Waals surface area contributed by atoms with E-state index in [1.54, 1.807) is 0 Å². The molecular weight excluding hydrogens is 260 g/mol. The maximum absolute atomic E-state index is 12.6. The first kappa shape index (κ1) is 12.9. The first-order valence-corrected chi connectivity index (χ1v) is 7.32. The van der Waals surface area contributed by atoms with Gasteiger partial charge in [0, 0.05) is 18.1 Å². The van der Waals surface area contributed by atoms with Crippen LogP contribution in [-0.4, -0.2) is 30.4 Å². The van der Waals surface area contributed by atoms with Crippen LogP contribution in [0.15, 0.2) is 24.3 Å². The number of amides is 1. The quantitative estimate of drug-likeness (QED) is 0.901. The summed E-state index contributed by atoms with van der Waals surface area (Å²) in [7, 11) is 0. The molecule has 1 amide bonds. The lowest BCUT2D eigenvalue weighted by atomic mass is 9.78. The van der Waals surface area contributed by atoms with Crippen LogP contribution in [0.3, 0.4) is 0 Å². The van der Waals surface area contributed by atoms with E-state index in [2.05, 4.69) is 5.32 Å². The van der Waals surface area contributed by atoms with E-state index in [1.165, 1.54) is 0 Å². The van der Waals surface area contributed by atoms with E-state index in [0.29, 0.717) is 12.5 Å². The molecule has 1 spiro atoms. The van der Waals surface area contributed by atoms with E-state index in [9.17, 15) is 4.79 Å². The molecule has 4 heteroatoms. The Balaban J connectivity index is 1.72. The second-order valence-corrected chi connectivity index (χ2v) is 6.07. The molecule has 2 aliphatic rings. The fourth-order valence-electron chi connectivity index (χ4n) is 3.27. The molecule has 1 N–H and O–H groups in total. The van der Waals surface area contributed by atoms with E-state index in [0.717, 1.165) is 49.5 Å². The van der Waals surface area contributed by atoms with Gasteiger partial charge in [-0.1, -0.05) is 23.7 Å². The van der Waals surface area contributed by atoms with Gasteiger partial charge in [-0.25, -0.2) is 0 Å². The molecule has 3 rings (SSSR count). The van der Waals surface area contributed by atoms with Crippen LogP contribution in [-0.2, 0) is 11.3 Å². The van der Waals surface area contributed by atoms with Gasteiger partial charge in [-0.3, -0.25) is 4.79 Å². The zero-order valence-corrected chi connectivity index (χ0v) is 11.7. The summed E-state index contributed by atoms with van der Waals surface area (Å²) in [5.41, 5.74) is 1.04. The average Bonchev–Trinajstić information content (AvgIpc) is 2.70. The molecule has 2 fully saturated rings. The highest BCUT2D eigenvalue weighted by atomic mass is 35.5. The van der Waals surface area contributed by atoms with Crippen molar-refractivity contribution in [3.63, 3.8) is 0 Å². The molecule has 2 aliphatic heterocycles. The average molecular weight is 279 g/mol. The van der Waals surface area contributed by atoms with Gasteiger partial charge in [0.05, 0.1) is 5.41 Å². The van der Waals surface area contributed by atoms with Crippen molar-refractivity contribution in [2.45, 2.75) is 25.8 Å². The van der Waals surface area contributed by atoms with Crippen LogP contribution in [0.25, 0.3) is 0 Å². The maximum atomic E-state index is 12.6. The number of carbonyl (C=O) groups is 1. The molecule has 0 radical (unpaired) electrons. The van der Waals surface area contributed by atoms with Crippen molar-refractivity contribution in [1.29, 1.82) is 0 Å². The lowest BCUT2D eigenvalue weighted by Gasteiger charge is -2.32. The Bertz CT molecular complexity index is 483. The fraction of sp³-hybridized carbons (Fsp3) is 0.533. The van der Waals surface area contributed by atoms with Gasteiger partial charge < -0.3 is 10.2 Å². The number of hydrogen-bond donors (Lipinski definition) is 1. The predicted octanol–water partition coefficient (Wildman–Crippen LogP) is 2.44. The molecule has 2 heterocycles. The molecular formula is C15H19ClN2O. The summed E-state index contributed by atoms with van der Waals surface area (Å²) in [6.45, 7) is 3.51. The Morgan fingerprint density at radius 3 is 2.79 bits per heavy atom. The third-order valence-electron chi connectivity index (χ3n) is 4.42. The van der Waals surface area contributed by atoms with Crippen LogP contribution < -0.4 is 5.32 Å². The molecule has 102 valence electrons. The largest absolute Gasteiger partial charge is 0.338 e. The number of likely N-dealkylation sites (tertiary alicyclic amines) is 1. The first-order valence-electron chi connectivity index (χ1n) is 6.94. The Morgan fingerprint density at radius 2 is 2.05 bits per heavy atom. The van der Waals surface area contributed by atoms with Gasteiger partial charge in [-0.2, -0.15) is 0 Å². The molecule has 19 heavy (non-hydrogen) atoms. The Kier molecular flexibility index (Phi) is 3.50. The van der Waals surface area contributed by atoms with E-state index in [1.807, 2.05) is 29.2 Å². The highest BCUT2D eigenvalue weighted by Crippen LogP contribution is 2.40. The summed E-state index contributed by atoms with van der Waals surface area (Å²) >= 11 is 6.00. The third kappa shape index (κ3) is 2.49. The SMILES string of the molecule is O=C1N(Cc2cccc(Cl)c2)CCC12CCNCC2. The summed E-state index contributed by atoms with van der Waals surface area (Å²) in [4.78, 5) is 14.6. The second-order valence-electron chi connectivity index (χ2n) is 5.64. The Labute approximate surface area is 118 Å². The Morgan fingerprint density at radius 1 is 1.26 bits per heavy atom. The van der Waals surface area contributed by atoms with Crippen molar-refractivity contribution in [3.05, 3.63) is 34.9 Å². The van der Waals surface area contributed by atoms with Crippen molar-refractivity contribution in [3.8, 4) is 0 Å². The van der Waals surface area contributed by atoms with Crippen LogP contribution in [0, 0.1) is 5.41 Å². The highest BCUT2D eigenvalue weighted by Gasteiger charge is 2.46. The predicted molar refractivity (Wildman–Crippen MR) is 76.0 cm³/mol. The van der Waals surface area contributed by atoms with Crippen molar-refractivity contribution in [2.24, 2.45) is 5.41 Å². The minimum atomic E-state index is -0.0795. The summed E-state index contributed by atoms with van der Waals surface area (Å²) in [5.74, 6) is 0.342. The van der Waals surface area contributed by atoms with Gasteiger partial charge >= 0.3 is 0 Å². The van der Waals surface area contributed by atoms with Crippen LogP contribution in [0.5, 0.6) is 0 Å². The molecule has 1 aromatic carbocycles. The maximum Gasteiger partial charge on any atom is 0.229 e. The highest BCUT2D eigenvalue weighted by molar-refractivity contribution is 6.30. The number of carbonyl (C=O) groups excluding carboxylic acids is 1. The summed E-state index contributed by atoms with van der Waals surface area (Å²) in [5, 5.41) is 4.08. The number of hydrogen-bond acceptors (Lipinski definition) is 2. The minimum Gasteiger partial charge on any atom is -0.338 e. The van der Waals surface area contributed by atoms with Gasteiger partial charge in [0.1, 0.15) is 0 Å². The van der Waals surface area contributed by atoms with Crippen molar-refractivity contribution < 1.29 is 4.79 Å². The first-order chi connectivity index (χ1) is 9.20. The number of benzene rings is 1. The number of piperidine rings is 1. The molecule has 0 atom stereocenters. The molecule has 0 unspecified atom stereocenters. The molecule has 0 saturated carbocycles. The van der Waals surface area contributed by atoms with E-state index >= 15 is 0 Å². The molecule has 3 nitrogen and oxygen atoms in total. The lowest BCUT2D eigenvalue weighted by Crippen LogP contribution is -2.42. The molecule has 0 aromatic heterocycles. The van der Waals surface area contributed by atoms with E-state index in [-0.39, 0.29) is 5.41 Å². The Hall–Kier alpha value is -1.06. The number of nitrogens with one attached hydrogen (secondary N) is 1. The lowest BCUT2D eigenvalue weighted by molar-refractivity contribution is -0.137.